The van der Waals surface area contributed by atoms with Gasteiger partial charge >= 0.3 is 12.1 Å². The van der Waals surface area contributed by atoms with Crippen LogP contribution in [0.5, 0.6) is 0 Å². The average Bonchev–Trinajstić information content (AvgIpc) is 3.67. The number of carbonyl (C=O) groups excluding carboxylic acids is 2. The lowest BCUT2D eigenvalue weighted by atomic mass is 9.93. The molecule has 1 fully saturated rings. The first-order valence-corrected chi connectivity index (χ1v) is 15.6. The third-order valence-electron chi connectivity index (χ3n) is 8.08. The van der Waals surface area contributed by atoms with E-state index in [2.05, 4.69) is 76.1 Å². The fourth-order valence-electron chi connectivity index (χ4n) is 5.90. The smallest absolute Gasteiger partial charge is 0.431 e. The van der Waals surface area contributed by atoms with Gasteiger partial charge in [0.15, 0.2) is 0 Å². The minimum atomic E-state index is -1.08. The highest BCUT2D eigenvalue weighted by Crippen LogP contribution is 2.33. The number of nitrogens with one attached hydrogen (secondary N) is 2. The van der Waals surface area contributed by atoms with Crippen LogP contribution < -0.4 is 5.43 Å². The van der Waals surface area contributed by atoms with E-state index in [1.807, 2.05) is 24.3 Å². The number of hydrogen-bond donors (Lipinski definition) is 2. The maximum absolute atomic E-state index is 13.7. The number of benzene rings is 2. The number of hydrazine groups is 1. The van der Waals surface area contributed by atoms with Crippen LogP contribution in [0.4, 0.5) is 4.79 Å². The molecule has 1 aliphatic heterocycles. The summed E-state index contributed by atoms with van der Waals surface area (Å²) in [6.45, 7) is 8.50. The normalized spacial score (nSPS) is 18.0. The molecule has 0 radical (unpaired) electrons. The molecule has 1 aromatic heterocycles. The van der Waals surface area contributed by atoms with Crippen LogP contribution in [0.2, 0.25) is 0 Å². The van der Waals surface area contributed by atoms with Gasteiger partial charge in [0.2, 0.25) is 12.1 Å². The minimum Gasteiger partial charge on any atom is -0.431 e. The van der Waals surface area contributed by atoms with Gasteiger partial charge in [-0.05, 0) is 59.9 Å². The predicted molar refractivity (Wildman–Crippen MR) is 165 cm³/mol. The Morgan fingerprint density at radius 1 is 0.977 bits per heavy atom. The van der Waals surface area contributed by atoms with Crippen molar-refractivity contribution in [1.29, 1.82) is 0 Å². The third kappa shape index (κ3) is 7.45. The van der Waals surface area contributed by atoms with Crippen molar-refractivity contribution in [3.8, 4) is 22.5 Å². The molecule has 2 N–H and O–H groups in total. The zero-order chi connectivity index (χ0) is 31.1. The molecule has 0 spiro atoms. The first kappa shape index (κ1) is 31.2. The van der Waals surface area contributed by atoms with Crippen LogP contribution in [-0.4, -0.2) is 62.7 Å². The Morgan fingerprint density at radius 2 is 1.70 bits per heavy atom. The molecule has 0 saturated heterocycles. The number of tetrazole rings is 1. The highest BCUT2D eigenvalue weighted by atomic mass is 16.8. The molecule has 2 aromatic carbocycles. The average molecular weight is 603 g/mol. The topological polar surface area (TPSA) is 132 Å². The van der Waals surface area contributed by atoms with Gasteiger partial charge in [0.25, 0.3) is 0 Å². The van der Waals surface area contributed by atoms with Gasteiger partial charge in [0.1, 0.15) is 6.10 Å². The largest absolute Gasteiger partial charge is 0.511 e. The molecule has 11 heteroatoms. The molecular formula is C33H42N6O5. The first-order chi connectivity index (χ1) is 21.3. The summed E-state index contributed by atoms with van der Waals surface area (Å²) in [5, 5.41) is 16.6. The van der Waals surface area contributed by atoms with E-state index in [1.54, 1.807) is 6.92 Å². The summed E-state index contributed by atoms with van der Waals surface area (Å²) in [5.41, 5.74) is 8.87. The summed E-state index contributed by atoms with van der Waals surface area (Å²) in [4.78, 5) is 26.1. The Labute approximate surface area is 258 Å². The lowest BCUT2D eigenvalue weighted by Crippen LogP contribution is -2.41. The van der Waals surface area contributed by atoms with Gasteiger partial charge in [0.05, 0.1) is 11.6 Å². The number of rotatable bonds is 11. The molecule has 2 atom stereocenters. The summed E-state index contributed by atoms with van der Waals surface area (Å²) in [6, 6.07) is 15.9. The van der Waals surface area contributed by atoms with Crippen molar-refractivity contribution in [3.05, 3.63) is 65.4 Å². The molecule has 11 nitrogen and oxygen atoms in total. The van der Waals surface area contributed by atoms with Crippen LogP contribution in [0, 0.1) is 5.92 Å². The van der Waals surface area contributed by atoms with Gasteiger partial charge in [-0.1, -0.05) is 75.7 Å². The van der Waals surface area contributed by atoms with E-state index < -0.39 is 18.4 Å². The molecule has 2 aliphatic rings. The number of aromatic nitrogens is 4. The summed E-state index contributed by atoms with van der Waals surface area (Å²) in [7, 11) is 0. The van der Waals surface area contributed by atoms with Crippen LogP contribution in [0.3, 0.4) is 0 Å². The number of ether oxygens (including phenoxy) is 3. The lowest BCUT2D eigenvalue weighted by molar-refractivity contribution is -0.164. The predicted octanol–water partition coefficient (Wildman–Crippen LogP) is 5.96. The summed E-state index contributed by atoms with van der Waals surface area (Å²) in [5.74, 6) is 0.143. The summed E-state index contributed by atoms with van der Waals surface area (Å²) in [6.07, 6.45) is 4.28. The fraction of sp³-hybridized carbons (Fsp3) is 0.485. The Balaban J connectivity index is 1.34. The van der Waals surface area contributed by atoms with Gasteiger partial charge in [-0.2, -0.15) is 5.21 Å². The molecule has 1 aliphatic carbocycles. The van der Waals surface area contributed by atoms with Crippen molar-refractivity contribution in [2.75, 3.05) is 6.54 Å². The lowest BCUT2D eigenvalue weighted by Gasteiger charge is -2.24. The van der Waals surface area contributed by atoms with Crippen molar-refractivity contribution in [2.45, 2.75) is 91.1 Å². The molecule has 3 aromatic rings. The van der Waals surface area contributed by atoms with E-state index in [0.717, 1.165) is 73.0 Å². The monoisotopic (exact) mass is 602 g/mol. The van der Waals surface area contributed by atoms with Gasteiger partial charge in [0, 0.05) is 31.1 Å². The number of nitrogens with zero attached hydrogens (tertiary/aromatic N) is 4. The molecule has 0 bridgehead atoms. The van der Waals surface area contributed by atoms with Crippen molar-refractivity contribution < 1.29 is 23.8 Å². The van der Waals surface area contributed by atoms with E-state index in [-0.39, 0.29) is 18.1 Å². The highest BCUT2D eigenvalue weighted by Gasteiger charge is 2.38. The van der Waals surface area contributed by atoms with Gasteiger partial charge in [-0.3, -0.25) is 0 Å². The maximum Gasteiger partial charge on any atom is 0.511 e. The van der Waals surface area contributed by atoms with Crippen molar-refractivity contribution in [1.82, 2.24) is 31.1 Å². The van der Waals surface area contributed by atoms with Crippen molar-refractivity contribution >= 4 is 12.1 Å². The molecule has 44 heavy (non-hydrogen) atoms. The number of allylic oxidation sites excluding steroid dienone is 1. The Bertz CT molecular complexity index is 1430. The van der Waals surface area contributed by atoms with E-state index in [9.17, 15) is 9.59 Å². The second-order valence-corrected chi connectivity index (χ2v) is 11.7. The van der Waals surface area contributed by atoms with Crippen LogP contribution >= 0.6 is 0 Å². The van der Waals surface area contributed by atoms with Crippen molar-refractivity contribution in [3.63, 3.8) is 0 Å². The number of esters is 1. The standard InChI is InChI=1S/C33H42N6O5/c1-5-19-39-28(20-23-15-17-24(18-16-23)26-13-9-10-14-27(26)31-34-37-38-35-31)29(30(36-39)21(2)3)32(40)42-22(4)43-33(41)44-25-11-7-6-8-12-25/h9-10,13-18,21-22,25,30,36H,5-8,11-12,19-20H2,1-4H3,(H,34,35,37,38). The molecule has 5 rings (SSSR count). The number of carbonyl (C=O) groups is 2. The highest BCUT2D eigenvalue weighted by molar-refractivity contribution is 5.91. The third-order valence-corrected chi connectivity index (χ3v) is 8.08. The SMILES string of the molecule is CCCN1NC(C(C)C)C(C(=O)OC(C)OC(=O)OC2CCCCC2)=C1Cc1ccc(-c2ccccc2-c2nn[nH]n2)cc1. The molecule has 1 saturated carbocycles. The number of hydrogen-bond acceptors (Lipinski definition) is 10. The quantitative estimate of drug-likeness (QED) is 0.200. The first-order valence-electron chi connectivity index (χ1n) is 15.6. The van der Waals surface area contributed by atoms with Crippen LogP contribution in [0.1, 0.15) is 71.8 Å². The molecule has 2 heterocycles. The second-order valence-electron chi connectivity index (χ2n) is 11.7. The number of H-pyrrole nitrogens is 1. The van der Waals surface area contributed by atoms with Gasteiger partial charge in [-0.25, -0.2) is 15.0 Å². The zero-order valence-electron chi connectivity index (χ0n) is 25.9. The fourth-order valence-corrected chi connectivity index (χ4v) is 5.90. The van der Waals surface area contributed by atoms with Gasteiger partial charge in [-0.15, -0.1) is 10.2 Å². The number of aromatic amines is 1. The molecule has 0 amide bonds. The van der Waals surface area contributed by atoms with E-state index in [4.69, 9.17) is 14.2 Å². The van der Waals surface area contributed by atoms with Crippen LogP contribution in [0.25, 0.3) is 22.5 Å². The van der Waals surface area contributed by atoms with E-state index in [1.165, 1.54) is 0 Å². The summed E-state index contributed by atoms with van der Waals surface area (Å²) < 4.78 is 16.5. The molecular weight excluding hydrogens is 560 g/mol. The zero-order valence-corrected chi connectivity index (χ0v) is 25.9. The Morgan fingerprint density at radius 3 is 2.36 bits per heavy atom. The Hall–Kier alpha value is -4.25. The van der Waals surface area contributed by atoms with Crippen LogP contribution in [-0.2, 0) is 25.4 Å². The molecule has 2 unspecified atom stereocenters. The van der Waals surface area contributed by atoms with E-state index >= 15 is 0 Å². The summed E-state index contributed by atoms with van der Waals surface area (Å²) >= 11 is 0. The molecule has 234 valence electrons. The Kier molecular flexibility index (Phi) is 10.3. The maximum atomic E-state index is 13.7. The van der Waals surface area contributed by atoms with Gasteiger partial charge < -0.3 is 19.2 Å². The van der Waals surface area contributed by atoms with Crippen molar-refractivity contribution in [2.24, 2.45) is 5.92 Å². The van der Waals surface area contributed by atoms with Crippen LogP contribution in [0.15, 0.2) is 59.8 Å². The minimum absolute atomic E-state index is 0.117. The van der Waals surface area contributed by atoms with E-state index in [0.29, 0.717) is 17.8 Å². The second kappa shape index (κ2) is 14.5.